The van der Waals surface area contributed by atoms with Crippen LogP contribution in [-0.2, 0) is 10.0 Å². The molecule has 20 heavy (non-hydrogen) atoms. The highest BCUT2D eigenvalue weighted by Gasteiger charge is 2.14. The Hall–Kier alpha value is -0.880. The summed E-state index contributed by atoms with van der Waals surface area (Å²) in [5, 5.41) is 2.62. The van der Waals surface area contributed by atoms with Gasteiger partial charge in [0.15, 0.2) is 0 Å². The molecule has 1 aliphatic rings. The van der Waals surface area contributed by atoms with Crippen molar-refractivity contribution in [3.63, 3.8) is 0 Å². The Morgan fingerprint density at radius 1 is 1.30 bits per heavy atom. The number of hydrogen-bond acceptors (Lipinski definition) is 3. The monoisotopic (exact) mass is 314 g/mol. The van der Waals surface area contributed by atoms with Gasteiger partial charge in [-0.2, -0.15) is 0 Å². The van der Waals surface area contributed by atoms with Crippen LogP contribution in [0.4, 0.5) is 0 Å². The number of nitrogens with two attached hydrogens (primary N) is 1. The first-order chi connectivity index (χ1) is 9.54. The molecule has 110 valence electrons. The third-order valence-electron chi connectivity index (χ3n) is 3.28. The molecule has 0 atom stereocenters. The zero-order valence-corrected chi connectivity index (χ0v) is 12.8. The van der Waals surface area contributed by atoms with E-state index in [2.05, 4.69) is 4.72 Å². The Morgan fingerprint density at radius 3 is 2.85 bits per heavy atom. The fourth-order valence-electron chi connectivity index (χ4n) is 2.17. The summed E-state index contributed by atoms with van der Waals surface area (Å²) in [5.41, 5.74) is 5.38. The van der Waals surface area contributed by atoms with Crippen molar-refractivity contribution in [1.29, 1.82) is 0 Å². The fourth-order valence-corrected chi connectivity index (χ4v) is 3.56. The van der Waals surface area contributed by atoms with Crippen molar-refractivity contribution in [2.45, 2.75) is 30.6 Å². The van der Waals surface area contributed by atoms with Gasteiger partial charge in [0.1, 0.15) is 0 Å². The van der Waals surface area contributed by atoms with E-state index in [1.807, 2.05) is 6.08 Å². The molecule has 1 aliphatic carbocycles. The standard InChI is InChI=1S/C14H19ClN2O2S/c15-14-5-3-4-11-10-12(6-7-13(11)14)20(18,19)17-9-2-1-8-16/h4,6-7,10,17H,1-3,5,8-9,16H2. The second-order valence-corrected chi connectivity index (χ2v) is 7.01. The molecule has 0 aliphatic heterocycles. The molecular weight excluding hydrogens is 296 g/mol. The van der Waals surface area contributed by atoms with Crippen molar-refractivity contribution in [2.75, 3.05) is 13.1 Å². The van der Waals surface area contributed by atoms with Gasteiger partial charge in [0.25, 0.3) is 0 Å². The zero-order chi connectivity index (χ0) is 14.6. The van der Waals surface area contributed by atoms with E-state index in [1.54, 1.807) is 18.2 Å². The van der Waals surface area contributed by atoms with Gasteiger partial charge in [0.2, 0.25) is 10.0 Å². The number of halogens is 1. The highest BCUT2D eigenvalue weighted by molar-refractivity contribution is 7.89. The average Bonchev–Trinajstić information content (AvgIpc) is 2.43. The van der Waals surface area contributed by atoms with Crippen LogP contribution >= 0.6 is 11.6 Å². The van der Waals surface area contributed by atoms with Crippen molar-refractivity contribution < 1.29 is 8.42 Å². The highest BCUT2D eigenvalue weighted by atomic mass is 35.5. The van der Waals surface area contributed by atoms with E-state index in [9.17, 15) is 8.42 Å². The normalized spacial score (nSPS) is 14.8. The molecule has 6 heteroatoms. The summed E-state index contributed by atoms with van der Waals surface area (Å²) in [7, 11) is -3.45. The summed E-state index contributed by atoms with van der Waals surface area (Å²) in [4.78, 5) is 0.284. The first kappa shape index (κ1) is 15.5. The summed E-state index contributed by atoms with van der Waals surface area (Å²) in [5.74, 6) is 0. The van der Waals surface area contributed by atoms with Crippen molar-refractivity contribution in [2.24, 2.45) is 5.73 Å². The van der Waals surface area contributed by atoms with Crippen LogP contribution in [0, 0.1) is 0 Å². The molecule has 0 bridgehead atoms. The van der Waals surface area contributed by atoms with Crippen LogP contribution in [0.1, 0.15) is 25.7 Å². The molecule has 1 aromatic carbocycles. The Bertz CT molecular complexity index is 698. The van der Waals surface area contributed by atoms with E-state index in [0.717, 1.165) is 41.2 Å². The van der Waals surface area contributed by atoms with E-state index in [4.69, 9.17) is 17.3 Å². The highest BCUT2D eigenvalue weighted by Crippen LogP contribution is 2.13. The van der Waals surface area contributed by atoms with Crippen LogP contribution in [-0.4, -0.2) is 21.5 Å². The molecule has 2 rings (SSSR count). The van der Waals surface area contributed by atoms with Gasteiger partial charge in [-0.15, -0.1) is 0 Å². The predicted octanol–water partition coefficient (Wildman–Crippen LogP) is 0.625. The summed E-state index contributed by atoms with van der Waals surface area (Å²) in [6, 6.07) is 5.07. The fraction of sp³-hybridized carbons (Fsp3) is 0.429. The third-order valence-corrected chi connectivity index (χ3v) is 5.13. The summed E-state index contributed by atoms with van der Waals surface area (Å²) in [6.07, 6.45) is 5.24. The minimum atomic E-state index is -3.45. The lowest BCUT2D eigenvalue weighted by atomic mass is 10.1. The van der Waals surface area contributed by atoms with Gasteiger partial charge in [0, 0.05) is 11.6 Å². The molecule has 3 N–H and O–H groups in total. The van der Waals surface area contributed by atoms with Gasteiger partial charge < -0.3 is 5.73 Å². The molecule has 0 aromatic heterocycles. The number of benzene rings is 1. The lowest BCUT2D eigenvalue weighted by Crippen LogP contribution is -2.31. The van der Waals surface area contributed by atoms with Crippen LogP contribution < -0.4 is 20.9 Å². The molecule has 0 saturated heterocycles. The molecule has 4 nitrogen and oxygen atoms in total. The van der Waals surface area contributed by atoms with Crippen LogP contribution in [0.15, 0.2) is 23.1 Å². The van der Waals surface area contributed by atoms with E-state index in [1.165, 1.54) is 0 Å². The Kier molecular flexibility index (Phi) is 5.21. The second-order valence-electron chi connectivity index (χ2n) is 4.79. The van der Waals surface area contributed by atoms with Gasteiger partial charge >= 0.3 is 0 Å². The molecule has 0 fully saturated rings. The quantitative estimate of drug-likeness (QED) is 0.756. The number of fused-ring (bicyclic) bond motifs is 1. The van der Waals surface area contributed by atoms with Crippen LogP contribution in [0.3, 0.4) is 0 Å². The van der Waals surface area contributed by atoms with Crippen molar-refractivity contribution >= 4 is 32.7 Å². The van der Waals surface area contributed by atoms with E-state index in [0.29, 0.717) is 13.1 Å². The first-order valence-corrected chi connectivity index (χ1v) is 8.59. The van der Waals surface area contributed by atoms with Crippen molar-refractivity contribution in [3.05, 3.63) is 28.6 Å². The second kappa shape index (κ2) is 6.72. The maximum absolute atomic E-state index is 12.2. The van der Waals surface area contributed by atoms with E-state index >= 15 is 0 Å². The minimum Gasteiger partial charge on any atom is -0.330 e. The van der Waals surface area contributed by atoms with Crippen molar-refractivity contribution in [1.82, 2.24) is 4.72 Å². The molecule has 0 amide bonds. The molecular formula is C14H19ClN2O2S. The van der Waals surface area contributed by atoms with Gasteiger partial charge in [-0.25, -0.2) is 13.1 Å². The van der Waals surface area contributed by atoms with Crippen LogP contribution in [0.25, 0.3) is 11.1 Å². The first-order valence-electron chi connectivity index (χ1n) is 6.73. The molecule has 0 heterocycles. The molecule has 0 radical (unpaired) electrons. The Morgan fingerprint density at radius 2 is 2.10 bits per heavy atom. The van der Waals surface area contributed by atoms with E-state index in [-0.39, 0.29) is 4.90 Å². The van der Waals surface area contributed by atoms with Gasteiger partial charge in [0.05, 0.1) is 4.90 Å². The Balaban J connectivity index is 2.24. The molecule has 0 unspecified atom stereocenters. The summed E-state index contributed by atoms with van der Waals surface area (Å²) in [6.45, 7) is 0.983. The van der Waals surface area contributed by atoms with Gasteiger partial charge in [-0.3, -0.25) is 0 Å². The number of rotatable bonds is 6. The van der Waals surface area contributed by atoms with Gasteiger partial charge in [-0.05, 0) is 54.8 Å². The summed E-state index contributed by atoms with van der Waals surface area (Å²) < 4.78 is 26.9. The summed E-state index contributed by atoms with van der Waals surface area (Å²) >= 11 is 6.15. The topological polar surface area (TPSA) is 72.2 Å². The maximum atomic E-state index is 12.2. The molecule has 0 spiro atoms. The zero-order valence-electron chi connectivity index (χ0n) is 11.2. The number of unbranched alkanes of at least 4 members (excludes halogenated alkanes) is 1. The van der Waals surface area contributed by atoms with Gasteiger partial charge in [-0.1, -0.05) is 23.7 Å². The third kappa shape index (κ3) is 3.61. The predicted molar refractivity (Wildman–Crippen MR) is 82.1 cm³/mol. The molecule has 0 saturated carbocycles. The smallest absolute Gasteiger partial charge is 0.240 e. The number of hydrogen-bond donors (Lipinski definition) is 2. The Labute approximate surface area is 124 Å². The average molecular weight is 315 g/mol. The lowest BCUT2D eigenvalue weighted by molar-refractivity contribution is 0.577. The largest absolute Gasteiger partial charge is 0.330 e. The van der Waals surface area contributed by atoms with Crippen LogP contribution in [0.2, 0.25) is 0 Å². The number of nitrogens with one attached hydrogen (secondary N) is 1. The van der Waals surface area contributed by atoms with E-state index < -0.39 is 10.0 Å². The maximum Gasteiger partial charge on any atom is 0.240 e. The van der Waals surface area contributed by atoms with Crippen molar-refractivity contribution in [3.8, 4) is 0 Å². The van der Waals surface area contributed by atoms with Crippen LogP contribution in [0.5, 0.6) is 0 Å². The minimum absolute atomic E-state index is 0.284. The molecule has 1 aromatic rings. The number of sulfonamides is 1. The lowest BCUT2D eigenvalue weighted by Gasteiger charge is -2.09. The SMILES string of the molecule is NCCCCNS(=O)(=O)c1ccc2c(c1)=CCCC=2Cl.